The van der Waals surface area contributed by atoms with Crippen LogP contribution in [0, 0.1) is 12.8 Å². The zero-order valence-corrected chi connectivity index (χ0v) is 12.2. The van der Waals surface area contributed by atoms with Crippen LogP contribution in [-0.2, 0) is 11.3 Å². The van der Waals surface area contributed by atoms with E-state index in [9.17, 15) is 4.79 Å². The van der Waals surface area contributed by atoms with E-state index >= 15 is 0 Å². The molecule has 0 bridgehead atoms. The molecule has 4 heteroatoms. The van der Waals surface area contributed by atoms with Crippen LogP contribution < -0.4 is 15.8 Å². The van der Waals surface area contributed by atoms with Crippen LogP contribution >= 0.6 is 0 Å². The van der Waals surface area contributed by atoms with Crippen molar-refractivity contribution in [2.24, 2.45) is 11.7 Å². The summed E-state index contributed by atoms with van der Waals surface area (Å²) in [5, 5.41) is 2.90. The first kappa shape index (κ1) is 15.5. The Labute approximate surface area is 115 Å². The Bertz CT molecular complexity index is 430. The smallest absolute Gasteiger partial charge is 0.224 e. The van der Waals surface area contributed by atoms with Crippen molar-refractivity contribution in [3.63, 3.8) is 0 Å². The van der Waals surface area contributed by atoms with Crippen molar-refractivity contribution < 1.29 is 9.53 Å². The highest BCUT2D eigenvalue weighted by atomic mass is 16.5. The molecule has 0 aromatic heterocycles. The van der Waals surface area contributed by atoms with E-state index in [1.807, 2.05) is 45.9 Å². The lowest BCUT2D eigenvalue weighted by Gasteiger charge is -2.16. The van der Waals surface area contributed by atoms with Gasteiger partial charge < -0.3 is 15.8 Å². The second kappa shape index (κ2) is 7.14. The highest BCUT2D eigenvalue weighted by Crippen LogP contribution is 2.20. The molecule has 0 fully saturated rings. The molecular formula is C15H24N2O2. The quantitative estimate of drug-likeness (QED) is 0.826. The normalized spacial score (nSPS) is 13.7. The van der Waals surface area contributed by atoms with E-state index in [0.717, 1.165) is 16.9 Å². The highest BCUT2D eigenvalue weighted by Gasteiger charge is 2.17. The van der Waals surface area contributed by atoms with Gasteiger partial charge in [0, 0.05) is 24.1 Å². The van der Waals surface area contributed by atoms with Crippen molar-refractivity contribution in [1.29, 1.82) is 0 Å². The summed E-state index contributed by atoms with van der Waals surface area (Å²) in [5.41, 5.74) is 7.84. The van der Waals surface area contributed by atoms with Gasteiger partial charge >= 0.3 is 0 Å². The van der Waals surface area contributed by atoms with Crippen molar-refractivity contribution in [3.8, 4) is 5.75 Å². The fourth-order valence-corrected chi connectivity index (χ4v) is 1.68. The van der Waals surface area contributed by atoms with Crippen molar-refractivity contribution in [2.75, 3.05) is 6.61 Å². The SMILES string of the molecule is CCOc1cc(C)ccc1CNC(=O)C(C)C(C)N. The Morgan fingerprint density at radius 3 is 2.68 bits per heavy atom. The number of hydrogen-bond donors (Lipinski definition) is 2. The summed E-state index contributed by atoms with van der Waals surface area (Å²) in [6, 6.07) is 5.83. The average Bonchev–Trinajstić information content (AvgIpc) is 2.36. The maximum Gasteiger partial charge on any atom is 0.224 e. The maximum absolute atomic E-state index is 11.9. The van der Waals surface area contributed by atoms with Crippen molar-refractivity contribution in [1.82, 2.24) is 5.32 Å². The molecule has 2 unspecified atom stereocenters. The number of hydrogen-bond acceptors (Lipinski definition) is 3. The number of carbonyl (C=O) groups excluding carboxylic acids is 1. The molecule has 0 radical (unpaired) electrons. The zero-order valence-electron chi connectivity index (χ0n) is 12.2. The van der Waals surface area contributed by atoms with Gasteiger partial charge in [-0.15, -0.1) is 0 Å². The second-order valence-corrected chi connectivity index (χ2v) is 4.91. The third-order valence-electron chi connectivity index (χ3n) is 3.18. The number of nitrogens with one attached hydrogen (secondary N) is 1. The molecule has 106 valence electrons. The van der Waals surface area contributed by atoms with Gasteiger partial charge in [0.05, 0.1) is 6.61 Å². The molecule has 0 aliphatic rings. The molecule has 1 rings (SSSR count). The van der Waals surface area contributed by atoms with E-state index in [1.165, 1.54) is 0 Å². The summed E-state index contributed by atoms with van der Waals surface area (Å²) in [6.45, 7) is 8.71. The number of benzene rings is 1. The summed E-state index contributed by atoms with van der Waals surface area (Å²) in [7, 11) is 0. The predicted octanol–water partition coefficient (Wildman–Crippen LogP) is 1.99. The van der Waals surface area contributed by atoms with E-state index < -0.39 is 0 Å². The number of carbonyl (C=O) groups is 1. The van der Waals surface area contributed by atoms with Gasteiger partial charge in [0.15, 0.2) is 0 Å². The van der Waals surface area contributed by atoms with Gasteiger partial charge in [0.1, 0.15) is 5.75 Å². The Hall–Kier alpha value is -1.55. The number of amides is 1. The van der Waals surface area contributed by atoms with E-state index in [4.69, 9.17) is 10.5 Å². The second-order valence-electron chi connectivity index (χ2n) is 4.91. The van der Waals surface area contributed by atoms with Gasteiger partial charge in [-0.3, -0.25) is 4.79 Å². The summed E-state index contributed by atoms with van der Waals surface area (Å²) in [5.74, 6) is 0.607. The minimum absolute atomic E-state index is 0.0296. The average molecular weight is 264 g/mol. The first-order valence-corrected chi connectivity index (χ1v) is 6.71. The van der Waals surface area contributed by atoms with E-state index in [-0.39, 0.29) is 17.9 Å². The summed E-state index contributed by atoms with van der Waals surface area (Å²) in [6.07, 6.45) is 0. The summed E-state index contributed by atoms with van der Waals surface area (Å²) < 4.78 is 5.58. The molecule has 1 amide bonds. The lowest BCUT2D eigenvalue weighted by molar-refractivity contribution is -0.125. The number of nitrogens with two attached hydrogens (primary N) is 1. The Morgan fingerprint density at radius 2 is 2.11 bits per heavy atom. The van der Waals surface area contributed by atoms with Crippen LogP contribution in [0.2, 0.25) is 0 Å². The fourth-order valence-electron chi connectivity index (χ4n) is 1.68. The van der Waals surface area contributed by atoms with E-state index in [0.29, 0.717) is 13.2 Å². The Morgan fingerprint density at radius 1 is 1.42 bits per heavy atom. The molecule has 0 heterocycles. The molecule has 19 heavy (non-hydrogen) atoms. The van der Waals surface area contributed by atoms with Gasteiger partial charge in [-0.05, 0) is 32.4 Å². The lowest BCUT2D eigenvalue weighted by Crippen LogP contribution is -2.38. The van der Waals surface area contributed by atoms with Gasteiger partial charge in [-0.25, -0.2) is 0 Å². The summed E-state index contributed by atoms with van der Waals surface area (Å²) in [4.78, 5) is 11.9. The molecule has 0 aliphatic heterocycles. The van der Waals surface area contributed by atoms with Gasteiger partial charge in [-0.2, -0.15) is 0 Å². The third-order valence-corrected chi connectivity index (χ3v) is 3.18. The van der Waals surface area contributed by atoms with Crippen LogP contribution in [0.1, 0.15) is 31.9 Å². The highest BCUT2D eigenvalue weighted by molar-refractivity contribution is 5.78. The van der Waals surface area contributed by atoms with Crippen molar-refractivity contribution in [2.45, 2.75) is 40.3 Å². The van der Waals surface area contributed by atoms with Crippen molar-refractivity contribution in [3.05, 3.63) is 29.3 Å². The molecule has 0 spiro atoms. The minimum atomic E-state index is -0.194. The maximum atomic E-state index is 11.9. The molecule has 4 nitrogen and oxygen atoms in total. The molecule has 1 aromatic rings. The predicted molar refractivity (Wildman–Crippen MR) is 77.0 cm³/mol. The molecule has 0 saturated heterocycles. The first-order valence-electron chi connectivity index (χ1n) is 6.71. The van der Waals surface area contributed by atoms with E-state index in [1.54, 1.807) is 0 Å². The topological polar surface area (TPSA) is 64.3 Å². The van der Waals surface area contributed by atoms with Gasteiger partial charge in [-0.1, -0.05) is 19.1 Å². The van der Waals surface area contributed by atoms with Crippen LogP contribution in [0.4, 0.5) is 0 Å². The molecule has 2 atom stereocenters. The van der Waals surface area contributed by atoms with Crippen LogP contribution in [0.3, 0.4) is 0 Å². The minimum Gasteiger partial charge on any atom is -0.494 e. The fraction of sp³-hybridized carbons (Fsp3) is 0.533. The Balaban J connectivity index is 2.69. The first-order chi connectivity index (χ1) is 8.95. The molecule has 0 aliphatic carbocycles. The van der Waals surface area contributed by atoms with Gasteiger partial charge in [0.2, 0.25) is 5.91 Å². The zero-order chi connectivity index (χ0) is 14.4. The molecule has 3 N–H and O–H groups in total. The van der Waals surface area contributed by atoms with Crippen LogP contribution in [-0.4, -0.2) is 18.6 Å². The van der Waals surface area contributed by atoms with Gasteiger partial charge in [0.25, 0.3) is 0 Å². The number of ether oxygens (including phenoxy) is 1. The van der Waals surface area contributed by atoms with Crippen molar-refractivity contribution >= 4 is 5.91 Å². The Kier molecular flexibility index (Phi) is 5.83. The molecular weight excluding hydrogens is 240 g/mol. The van der Waals surface area contributed by atoms with Crippen LogP contribution in [0.15, 0.2) is 18.2 Å². The largest absolute Gasteiger partial charge is 0.494 e. The number of aryl methyl sites for hydroxylation is 1. The monoisotopic (exact) mass is 264 g/mol. The lowest BCUT2D eigenvalue weighted by atomic mass is 10.0. The molecule has 1 aromatic carbocycles. The molecule has 0 saturated carbocycles. The van der Waals surface area contributed by atoms with Crippen LogP contribution in [0.5, 0.6) is 5.75 Å². The number of rotatable bonds is 6. The van der Waals surface area contributed by atoms with Crippen LogP contribution in [0.25, 0.3) is 0 Å². The van der Waals surface area contributed by atoms with E-state index in [2.05, 4.69) is 5.32 Å². The standard InChI is InChI=1S/C15H24N2O2/c1-5-19-14-8-10(2)6-7-13(14)9-17-15(18)11(3)12(4)16/h6-8,11-12H,5,9,16H2,1-4H3,(H,17,18). The summed E-state index contributed by atoms with van der Waals surface area (Å²) >= 11 is 0. The third kappa shape index (κ3) is 4.56.